The smallest absolute Gasteiger partial charge is 0.214 e. The van der Waals surface area contributed by atoms with Crippen LogP contribution in [0.4, 0.5) is 4.39 Å². The van der Waals surface area contributed by atoms with Gasteiger partial charge < -0.3 is 14.9 Å². The third kappa shape index (κ3) is 4.02. The van der Waals surface area contributed by atoms with Crippen molar-refractivity contribution in [2.24, 2.45) is 0 Å². The first-order chi connectivity index (χ1) is 12.6. The zero-order valence-electron chi connectivity index (χ0n) is 14.5. The molecule has 0 aliphatic carbocycles. The highest BCUT2D eigenvalue weighted by Gasteiger charge is 2.12. The molecule has 2 N–H and O–H groups in total. The molecule has 8 heteroatoms. The number of aromatic nitrogens is 3. The number of methoxy groups -OCH3 is 1. The standard InChI is InChI=1S/C18H19FN4O2S/c1-12-21-22-18(26)23(12)20-10-14-4-3-5-16(24-2)17(14)25-11-13-6-8-15(19)9-7-13/h3-9,20H,10-11H2,1-2H3,(H,22,26). The summed E-state index contributed by atoms with van der Waals surface area (Å²) in [5.41, 5.74) is 4.97. The van der Waals surface area contributed by atoms with Crippen LogP contribution in [-0.4, -0.2) is 22.0 Å². The van der Waals surface area contributed by atoms with Crippen molar-refractivity contribution < 1.29 is 13.9 Å². The highest BCUT2D eigenvalue weighted by atomic mass is 32.1. The minimum atomic E-state index is -0.275. The van der Waals surface area contributed by atoms with Crippen LogP contribution in [-0.2, 0) is 13.2 Å². The summed E-state index contributed by atoms with van der Waals surface area (Å²) in [6.45, 7) is 2.61. The van der Waals surface area contributed by atoms with Crippen LogP contribution in [0.1, 0.15) is 17.0 Å². The fraction of sp³-hybridized carbons (Fsp3) is 0.222. The van der Waals surface area contributed by atoms with Crippen LogP contribution in [0, 0.1) is 17.5 Å². The molecule has 0 fully saturated rings. The van der Waals surface area contributed by atoms with Crippen molar-refractivity contribution in [1.82, 2.24) is 14.9 Å². The molecule has 0 radical (unpaired) electrons. The maximum Gasteiger partial charge on any atom is 0.214 e. The van der Waals surface area contributed by atoms with E-state index in [0.717, 1.165) is 17.0 Å². The van der Waals surface area contributed by atoms with Gasteiger partial charge in [-0.3, -0.25) is 5.10 Å². The molecule has 3 aromatic rings. The summed E-state index contributed by atoms with van der Waals surface area (Å²) in [5, 5.41) is 6.79. The predicted octanol–water partition coefficient (Wildman–Crippen LogP) is 3.72. The predicted molar refractivity (Wildman–Crippen MR) is 98.9 cm³/mol. The average Bonchev–Trinajstić information content (AvgIpc) is 2.97. The van der Waals surface area contributed by atoms with Gasteiger partial charge in [-0.25, -0.2) is 9.07 Å². The van der Waals surface area contributed by atoms with Gasteiger partial charge in [-0.2, -0.15) is 5.10 Å². The number of aromatic amines is 1. The van der Waals surface area contributed by atoms with Crippen LogP contribution in [0.15, 0.2) is 42.5 Å². The molecule has 0 unspecified atom stereocenters. The Kier molecular flexibility index (Phi) is 5.52. The van der Waals surface area contributed by atoms with Crippen LogP contribution in [0.2, 0.25) is 0 Å². The number of para-hydroxylation sites is 1. The van der Waals surface area contributed by atoms with E-state index in [4.69, 9.17) is 21.7 Å². The van der Waals surface area contributed by atoms with Gasteiger partial charge in [-0.15, -0.1) is 0 Å². The highest BCUT2D eigenvalue weighted by Crippen LogP contribution is 2.32. The molecule has 1 aromatic heterocycles. The van der Waals surface area contributed by atoms with Gasteiger partial charge in [0.1, 0.15) is 18.2 Å². The van der Waals surface area contributed by atoms with Gasteiger partial charge in [-0.1, -0.05) is 24.3 Å². The molecule has 26 heavy (non-hydrogen) atoms. The van der Waals surface area contributed by atoms with Gasteiger partial charge in [0.15, 0.2) is 11.5 Å². The molecule has 2 aromatic carbocycles. The molecule has 6 nitrogen and oxygen atoms in total. The van der Waals surface area contributed by atoms with E-state index >= 15 is 0 Å². The molecule has 0 saturated carbocycles. The van der Waals surface area contributed by atoms with Gasteiger partial charge in [-0.05, 0) is 42.9 Å². The summed E-state index contributed by atoms with van der Waals surface area (Å²) in [4.78, 5) is 0. The van der Waals surface area contributed by atoms with E-state index in [1.54, 1.807) is 23.9 Å². The van der Waals surface area contributed by atoms with Crippen molar-refractivity contribution in [3.8, 4) is 11.5 Å². The third-order valence-corrected chi connectivity index (χ3v) is 4.12. The van der Waals surface area contributed by atoms with Crippen molar-refractivity contribution in [1.29, 1.82) is 0 Å². The zero-order chi connectivity index (χ0) is 18.5. The lowest BCUT2D eigenvalue weighted by Gasteiger charge is -2.16. The maximum atomic E-state index is 13.0. The number of rotatable bonds is 7. The second-order valence-corrected chi connectivity index (χ2v) is 6.00. The Morgan fingerprint density at radius 1 is 1.23 bits per heavy atom. The largest absolute Gasteiger partial charge is 0.493 e. The van der Waals surface area contributed by atoms with Gasteiger partial charge in [0.2, 0.25) is 4.77 Å². The SMILES string of the molecule is COc1cccc(CNn2c(C)n[nH]c2=S)c1OCc1ccc(F)cc1. The zero-order valence-corrected chi connectivity index (χ0v) is 15.3. The molecular weight excluding hydrogens is 355 g/mol. The van der Waals surface area contributed by atoms with Crippen molar-refractivity contribution in [2.45, 2.75) is 20.1 Å². The van der Waals surface area contributed by atoms with Gasteiger partial charge in [0, 0.05) is 5.56 Å². The first-order valence-electron chi connectivity index (χ1n) is 7.99. The quantitative estimate of drug-likeness (QED) is 0.617. The van der Waals surface area contributed by atoms with E-state index in [-0.39, 0.29) is 5.82 Å². The molecule has 0 aliphatic rings. The van der Waals surface area contributed by atoms with E-state index in [9.17, 15) is 4.39 Å². The van der Waals surface area contributed by atoms with E-state index < -0.39 is 0 Å². The fourth-order valence-corrected chi connectivity index (χ4v) is 2.73. The summed E-state index contributed by atoms with van der Waals surface area (Å²) in [5.74, 6) is 1.70. The lowest BCUT2D eigenvalue weighted by atomic mass is 10.2. The summed E-state index contributed by atoms with van der Waals surface area (Å²) in [6, 6.07) is 11.9. The van der Waals surface area contributed by atoms with E-state index in [1.165, 1.54) is 12.1 Å². The first-order valence-corrected chi connectivity index (χ1v) is 8.40. The molecule has 1 heterocycles. The number of aryl methyl sites for hydroxylation is 1. The number of nitrogens with zero attached hydrogens (tertiary/aromatic N) is 2. The van der Waals surface area contributed by atoms with Crippen LogP contribution < -0.4 is 14.9 Å². The molecular formula is C18H19FN4O2S. The molecule has 0 aliphatic heterocycles. The number of H-pyrrole nitrogens is 1. The number of hydrogen-bond acceptors (Lipinski definition) is 5. The Bertz CT molecular complexity index is 937. The second kappa shape index (κ2) is 8.01. The average molecular weight is 374 g/mol. The van der Waals surface area contributed by atoms with Crippen molar-refractivity contribution in [2.75, 3.05) is 12.5 Å². The number of benzene rings is 2. The summed E-state index contributed by atoms with van der Waals surface area (Å²) in [7, 11) is 1.59. The number of halogens is 1. The van der Waals surface area contributed by atoms with Gasteiger partial charge in [0.25, 0.3) is 0 Å². The minimum absolute atomic E-state index is 0.275. The van der Waals surface area contributed by atoms with Gasteiger partial charge in [0.05, 0.1) is 13.7 Å². The third-order valence-electron chi connectivity index (χ3n) is 3.84. The maximum absolute atomic E-state index is 13.0. The molecule has 0 amide bonds. The van der Waals surface area contributed by atoms with Crippen LogP contribution in [0.5, 0.6) is 11.5 Å². The number of nitrogens with one attached hydrogen (secondary N) is 2. The minimum Gasteiger partial charge on any atom is -0.493 e. The second-order valence-electron chi connectivity index (χ2n) is 5.61. The summed E-state index contributed by atoms with van der Waals surface area (Å²) < 4.78 is 26.6. The van der Waals surface area contributed by atoms with Crippen molar-refractivity contribution in [3.05, 3.63) is 70.0 Å². The Morgan fingerprint density at radius 3 is 2.65 bits per heavy atom. The Balaban J connectivity index is 1.79. The van der Waals surface area contributed by atoms with Gasteiger partial charge >= 0.3 is 0 Å². The number of hydrogen-bond donors (Lipinski definition) is 2. The van der Waals surface area contributed by atoms with Crippen molar-refractivity contribution in [3.63, 3.8) is 0 Å². The first kappa shape index (κ1) is 17.9. The molecule has 0 saturated heterocycles. The van der Waals surface area contributed by atoms with E-state index in [0.29, 0.717) is 29.4 Å². The summed E-state index contributed by atoms with van der Waals surface area (Å²) in [6.07, 6.45) is 0. The monoisotopic (exact) mass is 374 g/mol. The molecule has 3 rings (SSSR count). The van der Waals surface area contributed by atoms with Crippen molar-refractivity contribution >= 4 is 12.2 Å². The van der Waals surface area contributed by atoms with E-state index in [1.807, 2.05) is 25.1 Å². The molecule has 0 spiro atoms. The van der Waals surface area contributed by atoms with E-state index in [2.05, 4.69) is 15.6 Å². The Morgan fingerprint density at radius 2 is 2.00 bits per heavy atom. The topological polar surface area (TPSA) is 64.1 Å². The van der Waals surface area contributed by atoms with Crippen LogP contribution in [0.3, 0.4) is 0 Å². The normalized spacial score (nSPS) is 10.6. The number of ether oxygens (including phenoxy) is 2. The fourth-order valence-electron chi connectivity index (χ4n) is 2.49. The Labute approximate surface area is 155 Å². The summed E-state index contributed by atoms with van der Waals surface area (Å²) >= 11 is 5.19. The lowest BCUT2D eigenvalue weighted by Crippen LogP contribution is -2.16. The Hall–Kier alpha value is -2.87. The highest BCUT2D eigenvalue weighted by molar-refractivity contribution is 7.71. The molecule has 0 atom stereocenters. The molecule has 136 valence electrons. The molecule has 0 bridgehead atoms. The lowest BCUT2D eigenvalue weighted by molar-refractivity contribution is 0.281. The van der Waals surface area contributed by atoms with Crippen LogP contribution >= 0.6 is 12.2 Å². The van der Waals surface area contributed by atoms with Crippen LogP contribution in [0.25, 0.3) is 0 Å².